The van der Waals surface area contributed by atoms with Crippen molar-refractivity contribution >= 4 is 11.4 Å². The minimum atomic E-state index is -0.386. The molecule has 0 amide bonds. The van der Waals surface area contributed by atoms with E-state index >= 15 is 0 Å². The van der Waals surface area contributed by atoms with Crippen LogP contribution in [0.2, 0.25) is 0 Å². The molecule has 1 rings (SSSR count). The zero-order valence-electron chi connectivity index (χ0n) is 13.4. The number of nitro groups is 1. The van der Waals surface area contributed by atoms with Gasteiger partial charge in [-0.25, -0.2) is 0 Å². The number of hydrogen-bond donors (Lipinski definition) is 1. The van der Waals surface area contributed by atoms with Crippen LogP contribution in [-0.2, 0) is 0 Å². The molecular formula is C16H26N2O3. The summed E-state index contributed by atoms with van der Waals surface area (Å²) >= 11 is 0. The van der Waals surface area contributed by atoms with Crippen LogP contribution in [0.5, 0.6) is 5.75 Å². The van der Waals surface area contributed by atoms with Crippen molar-refractivity contribution in [3.8, 4) is 5.75 Å². The number of ether oxygens (including phenoxy) is 1. The van der Waals surface area contributed by atoms with Crippen LogP contribution in [-0.4, -0.2) is 17.6 Å². The molecule has 0 aliphatic carbocycles. The summed E-state index contributed by atoms with van der Waals surface area (Å²) in [6.45, 7) is 9.04. The van der Waals surface area contributed by atoms with Crippen LogP contribution < -0.4 is 10.1 Å². The van der Waals surface area contributed by atoms with Crippen LogP contribution in [0.1, 0.15) is 47.0 Å². The average molecular weight is 294 g/mol. The van der Waals surface area contributed by atoms with E-state index in [1.165, 1.54) is 6.07 Å². The fraction of sp³-hybridized carbons (Fsp3) is 0.625. The Morgan fingerprint density at radius 3 is 2.52 bits per heavy atom. The topological polar surface area (TPSA) is 64.4 Å². The van der Waals surface area contributed by atoms with E-state index in [0.29, 0.717) is 18.3 Å². The molecule has 118 valence electrons. The highest BCUT2D eigenvalue weighted by Gasteiger charge is 2.12. The minimum absolute atomic E-state index is 0.0576. The summed E-state index contributed by atoms with van der Waals surface area (Å²) in [7, 11) is 0. The summed E-state index contributed by atoms with van der Waals surface area (Å²) in [4.78, 5) is 10.6. The standard InChI is InChI=1S/C16H26N2O3/c1-5-8-21-16-10-14(9-15(11-16)18(19)20)17-13(4)7-6-12(2)3/h9-13,17H,5-8H2,1-4H3. The van der Waals surface area contributed by atoms with Crippen molar-refractivity contribution in [3.05, 3.63) is 28.3 Å². The molecule has 0 aliphatic rings. The predicted molar refractivity (Wildman–Crippen MR) is 86.0 cm³/mol. The summed E-state index contributed by atoms with van der Waals surface area (Å²) in [6, 6.07) is 5.13. The third-order valence-electron chi connectivity index (χ3n) is 3.17. The van der Waals surface area contributed by atoms with Crippen LogP contribution in [0.15, 0.2) is 18.2 Å². The van der Waals surface area contributed by atoms with E-state index in [4.69, 9.17) is 4.74 Å². The third-order valence-corrected chi connectivity index (χ3v) is 3.17. The summed E-state index contributed by atoms with van der Waals surface area (Å²) < 4.78 is 5.52. The molecule has 1 N–H and O–H groups in total. The van der Waals surface area contributed by atoms with E-state index in [1.807, 2.05) is 13.0 Å². The van der Waals surface area contributed by atoms with Gasteiger partial charge in [-0.2, -0.15) is 0 Å². The van der Waals surface area contributed by atoms with E-state index in [1.54, 1.807) is 6.07 Å². The van der Waals surface area contributed by atoms with E-state index in [2.05, 4.69) is 26.1 Å². The lowest BCUT2D eigenvalue weighted by atomic mass is 10.0. The van der Waals surface area contributed by atoms with Crippen LogP contribution in [0.4, 0.5) is 11.4 Å². The molecule has 21 heavy (non-hydrogen) atoms. The molecule has 1 atom stereocenters. The molecule has 0 aromatic heterocycles. The first-order valence-corrected chi connectivity index (χ1v) is 7.61. The quantitative estimate of drug-likeness (QED) is 0.533. The van der Waals surface area contributed by atoms with E-state index < -0.39 is 0 Å². The van der Waals surface area contributed by atoms with Gasteiger partial charge in [0.25, 0.3) is 5.69 Å². The van der Waals surface area contributed by atoms with Gasteiger partial charge in [0.2, 0.25) is 0 Å². The van der Waals surface area contributed by atoms with Crippen molar-refractivity contribution in [1.82, 2.24) is 0 Å². The van der Waals surface area contributed by atoms with Crippen LogP contribution in [0.3, 0.4) is 0 Å². The SMILES string of the molecule is CCCOc1cc(NC(C)CCC(C)C)cc([N+](=O)[O-])c1. The number of nitrogens with one attached hydrogen (secondary N) is 1. The van der Waals surface area contributed by atoms with Crippen molar-refractivity contribution in [1.29, 1.82) is 0 Å². The normalized spacial score (nSPS) is 12.2. The van der Waals surface area contributed by atoms with Gasteiger partial charge in [-0.05, 0) is 32.1 Å². The molecule has 0 fully saturated rings. The maximum absolute atomic E-state index is 11.0. The van der Waals surface area contributed by atoms with Gasteiger partial charge in [-0.1, -0.05) is 20.8 Å². The molecule has 0 aliphatic heterocycles. The lowest BCUT2D eigenvalue weighted by Gasteiger charge is -2.17. The predicted octanol–water partition coefficient (Wildman–Crippen LogP) is 4.62. The second kappa shape index (κ2) is 8.49. The Hall–Kier alpha value is -1.78. The van der Waals surface area contributed by atoms with Gasteiger partial charge in [0.1, 0.15) is 5.75 Å². The van der Waals surface area contributed by atoms with Crippen molar-refractivity contribution in [3.63, 3.8) is 0 Å². The number of nitrogens with zero attached hydrogens (tertiary/aromatic N) is 1. The maximum Gasteiger partial charge on any atom is 0.275 e. The Morgan fingerprint density at radius 1 is 1.24 bits per heavy atom. The molecule has 0 saturated heterocycles. The fourth-order valence-corrected chi connectivity index (χ4v) is 2.02. The maximum atomic E-state index is 11.0. The molecule has 0 bridgehead atoms. The molecule has 0 radical (unpaired) electrons. The first-order chi connectivity index (χ1) is 9.92. The van der Waals surface area contributed by atoms with E-state index in [9.17, 15) is 10.1 Å². The van der Waals surface area contributed by atoms with Crippen LogP contribution >= 0.6 is 0 Å². The summed E-state index contributed by atoms with van der Waals surface area (Å²) in [5.74, 6) is 1.20. The lowest BCUT2D eigenvalue weighted by Crippen LogP contribution is -2.16. The number of rotatable bonds is 9. The molecule has 1 aromatic rings. The Balaban J connectivity index is 2.79. The molecule has 0 spiro atoms. The van der Waals surface area contributed by atoms with E-state index in [-0.39, 0.29) is 16.7 Å². The van der Waals surface area contributed by atoms with Gasteiger partial charge in [-0.15, -0.1) is 0 Å². The first kappa shape index (κ1) is 17.3. The number of nitro benzene ring substituents is 1. The molecule has 1 aromatic carbocycles. The molecule has 5 heteroatoms. The lowest BCUT2D eigenvalue weighted by molar-refractivity contribution is -0.384. The van der Waals surface area contributed by atoms with Crippen molar-refractivity contribution in [2.24, 2.45) is 5.92 Å². The van der Waals surface area contributed by atoms with Crippen LogP contribution in [0, 0.1) is 16.0 Å². The van der Waals surface area contributed by atoms with Gasteiger partial charge < -0.3 is 10.1 Å². The fourth-order valence-electron chi connectivity index (χ4n) is 2.02. The smallest absolute Gasteiger partial charge is 0.275 e. The van der Waals surface area contributed by atoms with Gasteiger partial charge >= 0.3 is 0 Å². The Labute approximate surface area is 126 Å². The Morgan fingerprint density at radius 2 is 1.95 bits per heavy atom. The monoisotopic (exact) mass is 294 g/mol. The number of benzene rings is 1. The van der Waals surface area contributed by atoms with Gasteiger partial charge in [0.05, 0.1) is 17.6 Å². The summed E-state index contributed by atoms with van der Waals surface area (Å²) in [5, 5.41) is 14.3. The average Bonchev–Trinajstić information content (AvgIpc) is 2.42. The minimum Gasteiger partial charge on any atom is -0.493 e. The highest BCUT2D eigenvalue weighted by Crippen LogP contribution is 2.27. The zero-order valence-corrected chi connectivity index (χ0v) is 13.4. The van der Waals surface area contributed by atoms with Gasteiger partial charge in [0, 0.05) is 23.9 Å². The van der Waals surface area contributed by atoms with Crippen molar-refractivity contribution in [2.45, 2.75) is 53.0 Å². The van der Waals surface area contributed by atoms with E-state index in [0.717, 1.165) is 24.9 Å². The Kier molecular flexibility index (Phi) is 6.99. The van der Waals surface area contributed by atoms with Gasteiger partial charge in [-0.3, -0.25) is 10.1 Å². The van der Waals surface area contributed by atoms with Crippen LogP contribution in [0.25, 0.3) is 0 Å². The number of anilines is 1. The summed E-state index contributed by atoms with van der Waals surface area (Å²) in [5.41, 5.74) is 0.800. The van der Waals surface area contributed by atoms with Crippen molar-refractivity contribution < 1.29 is 9.66 Å². The Bertz CT molecular complexity index is 461. The molecule has 1 unspecified atom stereocenters. The van der Waals surface area contributed by atoms with Crippen molar-refractivity contribution in [2.75, 3.05) is 11.9 Å². The number of hydrogen-bond acceptors (Lipinski definition) is 4. The largest absolute Gasteiger partial charge is 0.493 e. The second-order valence-corrected chi connectivity index (χ2v) is 5.84. The molecule has 5 nitrogen and oxygen atoms in total. The zero-order chi connectivity index (χ0) is 15.8. The first-order valence-electron chi connectivity index (χ1n) is 7.61. The highest BCUT2D eigenvalue weighted by atomic mass is 16.6. The number of non-ortho nitro benzene ring substituents is 1. The third kappa shape index (κ3) is 6.47. The molecule has 0 saturated carbocycles. The summed E-state index contributed by atoms with van der Waals surface area (Å²) in [6.07, 6.45) is 3.03. The second-order valence-electron chi connectivity index (χ2n) is 5.84. The molecule has 0 heterocycles. The van der Waals surface area contributed by atoms with Gasteiger partial charge in [0.15, 0.2) is 0 Å². The molecular weight excluding hydrogens is 268 g/mol. The highest BCUT2D eigenvalue weighted by molar-refractivity contribution is 5.56.